The Balaban J connectivity index is 1.64. The van der Waals surface area contributed by atoms with Crippen LogP contribution >= 0.6 is 11.8 Å². The van der Waals surface area contributed by atoms with E-state index < -0.39 is 0 Å². The molecule has 116 valence electrons. The molecule has 0 aliphatic heterocycles. The fraction of sp³-hybridized carbons (Fsp3) is 0.235. The maximum absolute atomic E-state index is 13.4. The van der Waals surface area contributed by atoms with Gasteiger partial charge in [0.05, 0.1) is 5.75 Å². The van der Waals surface area contributed by atoms with Crippen molar-refractivity contribution in [2.45, 2.75) is 12.2 Å². The summed E-state index contributed by atoms with van der Waals surface area (Å²) in [4.78, 5) is 11.7. The Labute approximate surface area is 132 Å². The first-order valence-corrected chi connectivity index (χ1v) is 8.13. The Hall–Kier alpha value is -1.88. The molecule has 0 bridgehead atoms. The summed E-state index contributed by atoms with van der Waals surface area (Å²) in [6.45, 7) is 0.505. The zero-order valence-corrected chi connectivity index (χ0v) is 12.8. The zero-order chi connectivity index (χ0) is 15.8. The second-order valence-electron chi connectivity index (χ2n) is 4.81. The Kier molecular flexibility index (Phi) is 6.40. The van der Waals surface area contributed by atoms with Gasteiger partial charge in [-0.3, -0.25) is 4.79 Å². The topological polar surface area (TPSA) is 29.1 Å². The lowest BCUT2D eigenvalue weighted by atomic mass is 10.1. The van der Waals surface area contributed by atoms with Crippen molar-refractivity contribution in [1.29, 1.82) is 0 Å². The maximum Gasteiger partial charge on any atom is 0.230 e. The van der Waals surface area contributed by atoms with Crippen molar-refractivity contribution in [3.8, 4) is 0 Å². The molecule has 1 N–H and O–H groups in total. The van der Waals surface area contributed by atoms with Gasteiger partial charge < -0.3 is 5.32 Å². The van der Waals surface area contributed by atoms with Crippen LogP contribution in [0.3, 0.4) is 0 Å². The first-order chi connectivity index (χ1) is 10.6. The second kappa shape index (κ2) is 8.54. The van der Waals surface area contributed by atoms with Crippen molar-refractivity contribution >= 4 is 17.7 Å². The van der Waals surface area contributed by atoms with E-state index in [0.717, 1.165) is 5.56 Å². The van der Waals surface area contributed by atoms with Gasteiger partial charge >= 0.3 is 0 Å². The molecule has 22 heavy (non-hydrogen) atoms. The molecule has 0 aliphatic rings. The van der Waals surface area contributed by atoms with Crippen molar-refractivity contribution in [2.75, 3.05) is 12.3 Å². The summed E-state index contributed by atoms with van der Waals surface area (Å²) in [6.07, 6.45) is 0.657. The molecule has 0 fully saturated rings. The van der Waals surface area contributed by atoms with Crippen LogP contribution in [0.15, 0.2) is 48.5 Å². The van der Waals surface area contributed by atoms with E-state index in [-0.39, 0.29) is 23.3 Å². The molecule has 0 atom stereocenters. The van der Waals surface area contributed by atoms with Crippen LogP contribution in [0.25, 0.3) is 0 Å². The van der Waals surface area contributed by atoms with E-state index in [4.69, 9.17) is 0 Å². The first kappa shape index (κ1) is 16.5. The number of thioether (sulfide) groups is 1. The van der Waals surface area contributed by atoms with Crippen LogP contribution in [0.1, 0.15) is 11.1 Å². The summed E-state index contributed by atoms with van der Waals surface area (Å²) in [6, 6.07) is 12.8. The monoisotopic (exact) mass is 321 g/mol. The van der Waals surface area contributed by atoms with Gasteiger partial charge in [0.25, 0.3) is 0 Å². The number of halogens is 2. The van der Waals surface area contributed by atoms with E-state index in [0.29, 0.717) is 24.3 Å². The quantitative estimate of drug-likeness (QED) is 0.845. The molecule has 2 aromatic carbocycles. The molecule has 1 amide bonds. The Morgan fingerprint density at radius 1 is 1.05 bits per heavy atom. The van der Waals surface area contributed by atoms with Crippen LogP contribution in [0.2, 0.25) is 0 Å². The van der Waals surface area contributed by atoms with Crippen molar-refractivity contribution in [3.05, 3.63) is 71.3 Å². The van der Waals surface area contributed by atoms with Gasteiger partial charge in [0.15, 0.2) is 0 Å². The molecule has 2 rings (SSSR count). The number of carbonyl (C=O) groups excluding carboxylic acids is 1. The van der Waals surface area contributed by atoms with E-state index >= 15 is 0 Å². The molecule has 0 saturated heterocycles. The van der Waals surface area contributed by atoms with Gasteiger partial charge in [-0.25, -0.2) is 8.78 Å². The predicted molar refractivity (Wildman–Crippen MR) is 85.7 cm³/mol. The minimum Gasteiger partial charge on any atom is -0.355 e. The Morgan fingerprint density at radius 2 is 1.77 bits per heavy atom. The van der Waals surface area contributed by atoms with Crippen molar-refractivity contribution in [3.63, 3.8) is 0 Å². The van der Waals surface area contributed by atoms with Crippen molar-refractivity contribution < 1.29 is 13.6 Å². The summed E-state index contributed by atoms with van der Waals surface area (Å²) in [5, 5.41) is 2.80. The van der Waals surface area contributed by atoms with E-state index in [9.17, 15) is 13.6 Å². The highest BCUT2D eigenvalue weighted by atomic mass is 32.2. The van der Waals surface area contributed by atoms with Gasteiger partial charge in [0, 0.05) is 12.3 Å². The number of hydrogen-bond donors (Lipinski definition) is 1. The van der Waals surface area contributed by atoms with E-state index in [2.05, 4.69) is 5.32 Å². The van der Waals surface area contributed by atoms with Crippen molar-refractivity contribution in [2.24, 2.45) is 0 Å². The third kappa shape index (κ3) is 5.48. The van der Waals surface area contributed by atoms with Gasteiger partial charge in [0.2, 0.25) is 5.91 Å². The van der Waals surface area contributed by atoms with E-state index in [1.165, 1.54) is 30.0 Å². The smallest absolute Gasteiger partial charge is 0.230 e. The summed E-state index contributed by atoms with van der Waals surface area (Å²) < 4.78 is 26.1. The maximum atomic E-state index is 13.4. The average molecular weight is 321 g/mol. The predicted octanol–water partition coefficient (Wildman–Crippen LogP) is 3.56. The lowest BCUT2D eigenvalue weighted by Gasteiger charge is -2.06. The number of rotatable bonds is 7. The van der Waals surface area contributed by atoms with Gasteiger partial charge in [-0.1, -0.05) is 30.3 Å². The normalized spacial score (nSPS) is 10.5. The molecule has 0 spiro atoms. The molecular weight excluding hydrogens is 304 g/mol. The molecule has 0 aromatic heterocycles. The number of hydrogen-bond acceptors (Lipinski definition) is 2. The number of benzene rings is 2. The van der Waals surface area contributed by atoms with Crippen LogP contribution in [0.4, 0.5) is 8.78 Å². The fourth-order valence-electron chi connectivity index (χ4n) is 1.92. The van der Waals surface area contributed by atoms with Crippen LogP contribution in [-0.2, 0) is 17.0 Å². The molecule has 0 aliphatic carbocycles. The average Bonchev–Trinajstić information content (AvgIpc) is 2.51. The molecule has 0 radical (unpaired) electrons. The Morgan fingerprint density at radius 3 is 2.50 bits per heavy atom. The highest BCUT2D eigenvalue weighted by Gasteiger charge is 2.04. The van der Waals surface area contributed by atoms with Gasteiger partial charge in [-0.15, -0.1) is 11.8 Å². The summed E-state index contributed by atoms with van der Waals surface area (Å²) in [7, 11) is 0. The van der Waals surface area contributed by atoms with Crippen LogP contribution in [0, 0.1) is 11.6 Å². The SMILES string of the molecule is O=C(CSCc1ccccc1F)NCCc1ccc(F)cc1. The third-order valence-electron chi connectivity index (χ3n) is 3.10. The Bertz CT molecular complexity index is 616. The summed E-state index contributed by atoms with van der Waals surface area (Å²) in [5.41, 5.74) is 1.58. The largest absolute Gasteiger partial charge is 0.355 e. The standard InChI is InChI=1S/C17H17F2NOS/c18-15-7-5-13(6-8-15)9-10-20-17(21)12-22-11-14-3-1-2-4-16(14)19/h1-8H,9-12H2,(H,20,21). The van der Waals surface area contributed by atoms with Gasteiger partial charge in [-0.05, 0) is 35.7 Å². The minimum atomic E-state index is -0.266. The molecule has 5 heteroatoms. The summed E-state index contributed by atoms with van der Waals surface area (Å²) >= 11 is 1.38. The molecule has 0 saturated carbocycles. The molecular formula is C17H17F2NOS. The van der Waals surface area contributed by atoms with Crippen LogP contribution in [-0.4, -0.2) is 18.2 Å². The lowest BCUT2D eigenvalue weighted by Crippen LogP contribution is -2.27. The van der Waals surface area contributed by atoms with E-state index in [1.807, 2.05) is 0 Å². The lowest BCUT2D eigenvalue weighted by molar-refractivity contribution is -0.118. The van der Waals surface area contributed by atoms with Crippen LogP contribution in [0.5, 0.6) is 0 Å². The molecule has 2 nitrogen and oxygen atoms in total. The van der Waals surface area contributed by atoms with Crippen molar-refractivity contribution in [1.82, 2.24) is 5.32 Å². The molecule has 2 aromatic rings. The highest BCUT2D eigenvalue weighted by molar-refractivity contribution is 7.99. The minimum absolute atomic E-state index is 0.0801. The number of amides is 1. The number of carbonyl (C=O) groups is 1. The number of nitrogens with one attached hydrogen (secondary N) is 1. The third-order valence-corrected chi connectivity index (χ3v) is 4.08. The zero-order valence-electron chi connectivity index (χ0n) is 12.0. The molecule has 0 unspecified atom stereocenters. The van der Waals surface area contributed by atoms with Gasteiger partial charge in [0.1, 0.15) is 11.6 Å². The fourth-order valence-corrected chi connectivity index (χ4v) is 2.76. The van der Waals surface area contributed by atoms with Crippen LogP contribution < -0.4 is 5.32 Å². The van der Waals surface area contributed by atoms with Gasteiger partial charge in [-0.2, -0.15) is 0 Å². The first-order valence-electron chi connectivity index (χ1n) is 6.97. The summed E-state index contributed by atoms with van der Waals surface area (Å²) in [5.74, 6) is 0.169. The second-order valence-corrected chi connectivity index (χ2v) is 5.80. The highest BCUT2D eigenvalue weighted by Crippen LogP contribution is 2.14. The molecule has 0 heterocycles. The van der Waals surface area contributed by atoms with E-state index in [1.54, 1.807) is 30.3 Å².